The van der Waals surface area contributed by atoms with Gasteiger partial charge in [0.1, 0.15) is 12.1 Å². The van der Waals surface area contributed by atoms with E-state index in [0.29, 0.717) is 28.0 Å². The summed E-state index contributed by atoms with van der Waals surface area (Å²) in [6, 6.07) is 16.2. The molecule has 0 unspecified atom stereocenters. The average molecular weight is 477 g/mol. The first-order valence-corrected chi connectivity index (χ1v) is 12.0. The van der Waals surface area contributed by atoms with Crippen molar-refractivity contribution in [3.63, 3.8) is 0 Å². The van der Waals surface area contributed by atoms with Crippen molar-refractivity contribution in [3.8, 4) is 0 Å². The minimum atomic E-state index is -0.233. The largest absolute Gasteiger partial charge is 0.382 e. The molecule has 0 saturated carbocycles. The van der Waals surface area contributed by atoms with Crippen molar-refractivity contribution in [2.75, 3.05) is 11.1 Å². The molecule has 0 aliphatic rings. The first kappa shape index (κ1) is 21.1. The molecule has 0 fully saturated rings. The molecule has 3 N–H and O–H groups in total. The van der Waals surface area contributed by atoms with Crippen LogP contribution in [0.15, 0.2) is 72.6 Å². The molecule has 0 aliphatic carbocycles. The molecule has 6 rings (SSSR count). The molecule has 1 amide bonds. The average Bonchev–Trinajstić information content (AvgIpc) is 3.32. The van der Waals surface area contributed by atoms with Crippen molar-refractivity contribution in [2.24, 2.45) is 0 Å². The maximum Gasteiger partial charge on any atom is 0.258 e. The minimum Gasteiger partial charge on any atom is -0.382 e. The highest BCUT2D eigenvalue weighted by Crippen LogP contribution is 2.32. The van der Waals surface area contributed by atoms with Crippen LogP contribution < -0.4 is 11.1 Å². The van der Waals surface area contributed by atoms with Crippen LogP contribution in [0.3, 0.4) is 0 Å². The predicted octanol–water partition coefficient (Wildman–Crippen LogP) is 5.52. The van der Waals surface area contributed by atoms with Gasteiger partial charge in [0.2, 0.25) is 0 Å². The number of nitrogens with two attached hydrogens (primary N) is 1. The maximum atomic E-state index is 13.3. The molecular formula is C27H20N6OS. The Kier molecular flexibility index (Phi) is 5.08. The Morgan fingerprint density at radius 2 is 1.86 bits per heavy atom. The highest BCUT2D eigenvalue weighted by atomic mass is 32.1. The first-order chi connectivity index (χ1) is 17.1. The van der Waals surface area contributed by atoms with Crippen LogP contribution >= 0.6 is 11.3 Å². The number of nitrogens with one attached hydrogen (secondary N) is 1. The number of anilines is 2. The lowest BCUT2D eigenvalue weighted by molar-refractivity contribution is 0.102. The number of pyridine rings is 2. The van der Waals surface area contributed by atoms with Gasteiger partial charge in [-0.25, -0.2) is 9.97 Å². The Balaban J connectivity index is 1.41. The Morgan fingerprint density at radius 3 is 2.77 bits per heavy atom. The van der Waals surface area contributed by atoms with Gasteiger partial charge in [0.05, 0.1) is 32.7 Å². The summed E-state index contributed by atoms with van der Waals surface area (Å²) < 4.78 is 0.711. The summed E-state index contributed by atoms with van der Waals surface area (Å²) >= 11 is 1.37. The van der Waals surface area contributed by atoms with Crippen LogP contribution in [0, 0.1) is 6.92 Å². The molecule has 4 aromatic heterocycles. The Bertz CT molecular complexity index is 1750. The third-order valence-electron chi connectivity index (χ3n) is 6.19. The summed E-state index contributed by atoms with van der Waals surface area (Å²) in [6.45, 7) is 1.98. The van der Waals surface area contributed by atoms with Gasteiger partial charge < -0.3 is 11.1 Å². The van der Waals surface area contributed by atoms with Gasteiger partial charge in [-0.15, -0.1) is 11.3 Å². The van der Waals surface area contributed by atoms with Crippen LogP contribution in [0.4, 0.5) is 11.5 Å². The standard InChI is InChI=1S/C27H20N6OS/c1-15-7-8-18-19(23(15)33-27(34)20-13-35-25-24(20)31-14-32-26(25)28)9-11-30-22(18)12-16-4-2-6-21-17(16)5-3-10-29-21/h2-11,13-14H,12H2,1H3,(H,33,34)(H2,28,31,32). The van der Waals surface area contributed by atoms with E-state index < -0.39 is 0 Å². The van der Waals surface area contributed by atoms with Crippen molar-refractivity contribution in [1.29, 1.82) is 0 Å². The lowest BCUT2D eigenvalue weighted by Gasteiger charge is -2.14. The molecule has 0 radical (unpaired) electrons. The smallest absolute Gasteiger partial charge is 0.258 e. The molecule has 170 valence electrons. The topological polar surface area (TPSA) is 107 Å². The fourth-order valence-electron chi connectivity index (χ4n) is 4.44. The van der Waals surface area contributed by atoms with E-state index in [1.807, 2.05) is 37.3 Å². The number of hydrogen-bond donors (Lipinski definition) is 2. The van der Waals surface area contributed by atoms with Crippen LogP contribution in [-0.4, -0.2) is 25.8 Å². The summed E-state index contributed by atoms with van der Waals surface area (Å²) in [5.74, 6) is 0.142. The number of hydrogen-bond acceptors (Lipinski definition) is 7. The molecule has 6 aromatic rings. The number of aryl methyl sites for hydroxylation is 1. The highest BCUT2D eigenvalue weighted by molar-refractivity contribution is 7.18. The van der Waals surface area contributed by atoms with Crippen molar-refractivity contribution in [1.82, 2.24) is 19.9 Å². The minimum absolute atomic E-state index is 0.233. The quantitative estimate of drug-likeness (QED) is 0.347. The van der Waals surface area contributed by atoms with Gasteiger partial charge in [-0.1, -0.05) is 30.3 Å². The van der Waals surface area contributed by atoms with Crippen LogP contribution in [0.1, 0.15) is 27.2 Å². The molecule has 0 spiro atoms. The third-order valence-corrected chi connectivity index (χ3v) is 7.19. The summed E-state index contributed by atoms with van der Waals surface area (Å²) in [7, 11) is 0. The maximum absolute atomic E-state index is 13.3. The van der Waals surface area contributed by atoms with Crippen molar-refractivity contribution >= 4 is 60.6 Å². The fraction of sp³-hybridized carbons (Fsp3) is 0.0741. The lowest BCUT2D eigenvalue weighted by atomic mass is 9.98. The SMILES string of the molecule is Cc1ccc2c(Cc3cccc4ncccc34)nccc2c1NC(=O)c1csc2c(N)ncnc12. The summed E-state index contributed by atoms with van der Waals surface area (Å²) in [6.07, 6.45) is 5.63. The van der Waals surface area contributed by atoms with Gasteiger partial charge in [0.15, 0.2) is 0 Å². The monoisotopic (exact) mass is 476 g/mol. The van der Waals surface area contributed by atoms with E-state index >= 15 is 0 Å². The number of fused-ring (bicyclic) bond motifs is 3. The number of nitrogen functional groups attached to an aromatic ring is 1. The first-order valence-electron chi connectivity index (χ1n) is 11.1. The predicted molar refractivity (Wildman–Crippen MR) is 141 cm³/mol. The third kappa shape index (κ3) is 3.64. The Morgan fingerprint density at radius 1 is 0.943 bits per heavy atom. The highest BCUT2D eigenvalue weighted by Gasteiger charge is 2.18. The van der Waals surface area contributed by atoms with Crippen LogP contribution in [0.2, 0.25) is 0 Å². The molecule has 0 saturated heterocycles. The molecule has 4 heterocycles. The lowest BCUT2D eigenvalue weighted by Crippen LogP contribution is -2.13. The zero-order chi connectivity index (χ0) is 23.9. The summed E-state index contributed by atoms with van der Waals surface area (Å²) in [5.41, 5.74) is 11.8. The second kappa shape index (κ2) is 8.41. The fourth-order valence-corrected chi connectivity index (χ4v) is 5.35. The molecule has 2 aromatic carbocycles. The molecule has 0 aliphatic heterocycles. The van der Waals surface area contributed by atoms with E-state index in [4.69, 9.17) is 10.7 Å². The number of rotatable bonds is 4. The Hall–Kier alpha value is -4.43. The van der Waals surface area contributed by atoms with Gasteiger partial charge in [0.25, 0.3) is 5.91 Å². The summed E-state index contributed by atoms with van der Waals surface area (Å²) in [4.78, 5) is 30.8. The molecule has 8 heteroatoms. The molecule has 35 heavy (non-hydrogen) atoms. The van der Waals surface area contributed by atoms with Crippen molar-refractivity contribution < 1.29 is 4.79 Å². The van der Waals surface area contributed by atoms with Gasteiger partial charge in [0, 0.05) is 40.4 Å². The molecule has 7 nitrogen and oxygen atoms in total. The van der Waals surface area contributed by atoms with Gasteiger partial charge in [-0.3, -0.25) is 14.8 Å². The van der Waals surface area contributed by atoms with Gasteiger partial charge in [-0.05, 0) is 36.2 Å². The van der Waals surface area contributed by atoms with Crippen molar-refractivity contribution in [2.45, 2.75) is 13.3 Å². The molecular weight excluding hydrogens is 456 g/mol. The number of aromatic nitrogens is 4. The zero-order valence-corrected chi connectivity index (χ0v) is 19.6. The van der Waals surface area contributed by atoms with E-state index in [0.717, 1.165) is 44.2 Å². The van der Waals surface area contributed by atoms with Gasteiger partial charge in [-0.2, -0.15) is 0 Å². The van der Waals surface area contributed by atoms with Crippen LogP contribution in [-0.2, 0) is 6.42 Å². The number of nitrogens with zero attached hydrogens (tertiary/aromatic N) is 4. The van der Waals surface area contributed by atoms with E-state index in [1.165, 1.54) is 17.7 Å². The van der Waals surface area contributed by atoms with Crippen molar-refractivity contribution in [3.05, 3.63) is 95.0 Å². The Labute approximate surface area is 204 Å². The number of thiophene rings is 1. The second-order valence-electron chi connectivity index (χ2n) is 8.31. The normalized spacial score (nSPS) is 11.3. The number of benzene rings is 2. The zero-order valence-electron chi connectivity index (χ0n) is 18.8. The molecule has 0 bridgehead atoms. The van der Waals surface area contributed by atoms with E-state index in [9.17, 15) is 4.79 Å². The second-order valence-corrected chi connectivity index (χ2v) is 9.19. The van der Waals surface area contributed by atoms with E-state index in [-0.39, 0.29) is 5.91 Å². The number of amides is 1. The molecule has 0 atom stereocenters. The van der Waals surface area contributed by atoms with Crippen LogP contribution in [0.5, 0.6) is 0 Å². The number of carbonyl (C=O) groups excluding carboxylic acids is 1. The summed E-state index contributed by atoms with van der Waals surface area (Å²) in [5, 5.41) is 7.94. The van der Waals surface area contributed by atoms with Gasteiger partial charge >= 0.3 is 0 Å². The van der Waals surface area contributed by atoms with Crippen LogP contribution in [0.25, 0.3) is 31.9 Å². The number of carbonyl (C=O) groups is 1. The van der Waals surface area contributed by atoms with E-state index in [2.05, 4.69) is 38.5 Å². The van der Waals surface area contributed by atoms with E-state index in [1.54, 1.807) is 17.8 Å².